The Kier molecular flexibility index (Phi) is 2.71. The molecule has 0 fully saturated rings. The topological polar surface area (TPSA) is 30.7 Å². The maximum atomic E-state index is 11.4. The molecule has 0 aromatic carbocycles. The van der Waals surface area contributed by atoms with Crippen LogP contribution in [0.5, 0.6) is 0 Å². The number of hydrogen-bond acceptors (Lipinski definition) is 2. The number of nitrogens with zero attached hydrogens (tertiary/aromatic N) is 1. The summed E-state index contributed by atoms with van der Waals surface area (Å²) in [7, 11) is 1.35. The molecule has 0 aliphatic heterocycles. The fourth-order valence-electron chi connectivity index (χ4n) is 1.41. The quantitative estimate of drug-likeness (QED) is 0.755. The number of methoxy groups -OCH3 is 1. The summed E-state index contributed by atoms with van der Waals surface area (Å²) < 4.78 is 7.16. The lowest BCUT2D eigenvalue weighted by Crippen LogP contribution is -2.05. The molecular weight excluding hydrogens is 281 g/mol. The number of hydrogen-bond donors (Lipinski definition) is 0. The standard InChI is InChI=1S/C10H7BrClNO2/c1-15-10(14)9-3-2-8-7(12)4-6(11)5-13(8)9/h2-5H,1H3. The summed E-state index contributed by atoms with van der Waals surface area (Å²) in [6.45, 7) is 0. The van der Waals surface area contributed by atoms with Crippen molar-refractivity contribution in [2.24, 2.45) is 0 Å². The van der Waals surface area contributed by atoms with Crippen LogP contribution in [0.3, 0.4) is 0 Å². The van der Waals surface area contributed by atoms with Crippen molar-refractivity contribution in [1.82, 2.24) is 4.40 Å². The summed E-state index contributed by atoms with van der Waals surface area (Å²) >= 11 is 9.34. The number of aromatic nitrogens is 1. The van der Waals surface area contributed by atoms with Crippen LogP contribution in [-0.2, 0) is 4.74 Å². The number of fused-ring (bicyclic) bond motifs is 1. The van der Waals surface area contributed by atoms with Gasteiger partial charge in [0.1, 0.15) is 5.69 Å². The molecule has 2 aromatic rings. The van der Waals surface area contributed by atoms with Gasteiger partial charge >= 0.3 is 5.97 Å². The van der Waals surface area contributed by atoms with E-state index in [1.54, 1.807) is 28.8 Å². The second-order valence-electron chi connectivity index (χ2n) is 2.97. The number of ether oxygens (including phenoxy) is 1. The number of halogens is 2. The number of pyridine rings is 1. The highest BCUT2D eigenvalue weighted by molar-refractivity contribution is 9.10. The summed E-state index contributed by atoms with van der Waals surface area (Å²) in [6, 6.07) is 5.23. The van der Waals surface area contributed by atoms with Gasteiger partial charge in [-0.3, -0.25) is 0 Å². The third-order valence-electron chi connectivity index (χ3n) is 2.07. The summed E-state index contributed by atoms with van der Waals surface area (Å²) in [5.41, 5.74) is 1.23. The van der Waals surface area contributed by atoms with E-state index in [1.165, 1.54) is 7.11 Å². The number of rotatable bonds is 1. The number of carbonyl (C=O) groups is 1. The molecular formula is C10H7BrClNO2. The van der Waals surface area contributed by atoms with Gasteiger partial charge < -0.3 is 9.14 Å². The first-order valence-corrected chi connectivity index (χ1v) is 5.35. The van der Waals surface area contributed by atoms with E-state index in [-0.39, 0.29) is 5.97 Å². The van der Waals surface area contributed by atoms with E-state index >= 15 is 0 Å². The molecule has 0 aliphatic rings. The Hall–Kier alpha value is -1.00. The highest BCUT2D eigenvalue weighted by Gasteiger charge is 2.12. The van der Waals surface area contributed by atoms with Crippen molar-refractivity contribution in [3.8, 4) is 0 Å². The SMILES string of the molecule is COC(=O)c1ccc2c(Cl)cc(Br)cn12. The molecule has 2 heterocycles. The second-order valence-corrected chi connectivity index (χ2v) is 4.29. The van der Waals surface area contributed by atoms with Gasteiger partial charge in [0, 0.05) is 10.7 Å². The molecule has 0 aliphatic carbocycles. The van der Waals surface area contributed by atoms with Crippen molar-refractivity contribution in [3.05, 3.63) is 39.6 Å². The first-order valence-electron chi connectivity index (χ1n) is 4.18. The summed E-state index contributed by atoms with van der Waals surface area (Å²) in [5.74, 6) is -0.385. The van der Waals surface area contributed by atoms with E-state index in [4.69, 9.17) is 11.6 Å². The Morgan fingerprint density at radius 3 is 2.93 bits per heavy atom. The van der Waals surface area contributed by atoms with Gasteiger partial charge in [0.25, 0.3) is 0 Å². The molecule has 5 heteroatoms. The average molecular weight is 289 g/mol. The zero-order valence-corrected chi connectivity index (χ0v) is 10.2. The Bertz CT molecular complexity index is 535. The van der Waals surface area contributed by atoms with E-state index in [0.717, 1.165) is 9.99 Å². The predicted molar refractivity (Wildman–Crippen MR) is 61.4 cm³/mol. The molecule has 0 amide bonds. The predicted octanol–water partition coefficient (Wildman–Crippen LogP) is 3.14. The summed E-state index contributed by atoms with van der Waals surface area (Å²) in [6.07, 6.45) is 1.77. The molecule has 0 N–H and O–H groups in total. The lowest BCUT2D eigenvalue weighted by atomic mass is 10.4. The first kappa shape index (κ1) is 10.5. The van der Waals surface area contributed by atoms with Crippen molar-refractivity contribution >= 4 is 39.0 Å². The highest BCUT2D eigenvalue weighted by atomic mass is 79.9. The van der Waals surface area contributed by atoms with E-state index in [0.29, 0.717) is 10.7 Å². The van der Waals surface area contributed by atoms with Crippen LogP contribution >= 0.6 is 27.5 Å². The monoisotopic (exact) mass is 287 g/mol. The largest absolute Gasteiger partial charge is 0.464 e. The molecule has 3 nitrogen and oxygen atoms in total. The molecule has 0 unspecified atom stereocenters. The molecule has 15 heavy (non-hydrogen) atoms. The summed E-state index contributed by atoms with van der Waals surface area (Å²) in [4.78, 5) is 11.4. The molecule has 2 rings (SSSR count). The van der Waals surface area contributed by atoms with Gasteiger partial charge in [-0.25, -0.2) is 4.79 Å². The van der Waals surface area contributed by atoms with Crippen molar-refractivity contribution in [1.29, 1.82) is 0 Å². The zero-order chi connectivity index (χ0) is 11.0. The summed E-state index contributed by atoms with van der Waals surface area (Å²) in [5, 5.41) is 0.583. The Labute approximate surface area is 99.7 Å². The fourth-order valence-corrected chi connectivity index (χ4v) is 2.25. The van der Waals surface area contributed by atoms with E-state index in [1.807, 2.05) is 0 Å². The third kappa shape index (κ3) is 1.75. The van der Waals surface area contributed by atoms with Crippen molar-refractivity contribution in [3.63, 3.8) is 0 Å². The molecule has 78 valence electrons. The maximum Gasteiger partial charge on any atom is 0.355 e. The van der Waals surface area contributed by atoms with Gasteiger partial charge in [0.05, 0.1) is 17.6 Å². The highest BCUT2D eigenvalue weighted by Crippen LogP contribution is 2.24. The van der Waals surface area contributed by atoms with E-state index in [9.17, 15) is 4.79 Å². The van der Waals surface area contributed by atoms with Crippen molar-refractivity contribution < 1.29 is 9.53 Å². The Balaban J connectivity index is 2.74. The van der Waals surface area contributed by atoms with Crippen LogP contribution in [0, 0.1) is 0 Å². The molecule has 0 bridgehead atoms. The third-order valence-corrected chi connectivity index (χ3v) is 2.81. The number of esters is 1. The van der Waals surface area contributed by atoms with Gasteiger partial charge in [-0.1, -0.05) is 11.6 Å². The normalized spacial score (nSPS) is 10.6. The van der Waals surface area contributed by atoms with E-state index in [2.05, 4.69) is 20.7 Å². The zero-order valence-electron chi connectivity index (χ0n) is 7.83. The second kappa shape index (κ2) is 3.87. The molecule has 2 aromatic heterocycles. The maximum absolute atomic E-state index is 11.4. The minimum atomic E-state index is -0.385. The van der Waals surface area contributed by atoms with Crippen LogP contribution in [-0.4, -0.2) is 17.5 Å². The average Bonchev–Trinajstić information content (AvgIpc) is 2.60. The van der Waals surface area contributed by atoms with Gasteiger partial charge in [0.15, 0.2) is 0 Å². The van der Waals surface area contributed by atoms with Gasteiger partial charge in [-0.05, 0) is 34.1 Å². The van der Waals surface area contributed by atoms with Crippen molar-refractivity contribution in [2.45, 2.75) is 0 Å². The molecule has 0 saturated carbocycles. The van der Waals surface area contributed by atoms with Gasteiger partial charge in [-0.15, -0.1) is 0 Å². The van der Waals surface area contributed by atoms with Crippen LogP contribution in [0.25, 0.3) is 5.52 Å². The molecule has 0 radical (unpaired) electrons. The Morgan fingerprint density at radius 2 is 2.27 bits per heavy atom. The lowest BCUT2D eigenvalue weighted by molar-refractivity contribution is 0.0593. The van der Waals surface area contributed by atoms with Crippen LogP contribution in [0.1, 0.15) is 10.5 Å². The minimum absolute atomic E-state index is 0.385. The smallest absolute Gasteiger partial charge is 0.355 e. The van der Waals surface area contributed by atoms with Crippen LogP contribution in [0.4, 0.5) is 0 Å². The number of carbonyl (C=O) groups excluding carboxylic acids is 1. The lowest BCUT2D eigenvalue weighted by Gasteiger charge is -2.03. The van der Waals surface area contributed by atoms with Crippen LogP contribution in [0.2, 0.25) is 5.02 Å². The van der Waals surface area contributed by atoms with Crippen LogP contribution < -0.4 is 0 Å². The molecule has 0 atom stereocenters. The van der Waals surface area contributed by atoms with Crippen molar-refractivity contribution in [2.75, 3.05) is 7.11 Å². The minimum Gasteiger partial charge on any atom is -0.464 e. The Morgan fingerprint density at radius 1 is 1.53 bits per heavy atom. The first-order chi connectivity index (χ1) is 7.13. The molecule has 0 saturated heterocycles. The van der Waals surface area contributed by atoms with Crippen LogP contribution in [0.15, 0.2) is 28.9 Å². The van der Waals surface area contributed by atoms with Gasteiger partial charge in [0.2, 0.25) is 0 Å². The fraction of sp³-hybridized carbons (Fsp3) is 0.100. The molecule has 0 spiro atoms. The van der Waals surface area contributed by atoms with Gasteiger partial charge in [-0.2, -0.15) is 0 Å². The van der Waals surface area contributed by atoms with E-state index < -0.39 is 0 Å².